The minimum absolute atomic E-state index is 0.0658. The van der Waals surface area contributed by atoms with Crippen LogP contribution in [0.5, 0.6) is 0 Å². The zero-order chi connectivity index (χ0) is 14.4. The number of fused-ring (bicyclic) bond motifs is 1. The van der Waals surface area contributed by atoms with Crippen molar-refractivity contribution in [3.8, 4) is 0 Å². The topological polar surface area (TPSA) is 119 Å². The first-order valence-corrected chi connectivity index (χ1v) is 6.12. The first kappa shape index (κ1) is 12.5. The normalized spacial score (nSPS) is 23.8. The lowest BCUT2D eigenvalue weighted by molar-refractivity contribution is -0.384. The van der Waals surface area contributed by atoms with Crippen molar-refractivity contribution >= 4 is 23.2 Å². The van der Waals surface area contributed by atoms with Crippen LogP contribution in [0.15, 0.2) is 18.2 Å². The number of nitrogen functional groups attached to an aromatic ring is 1. The van der Waals surface area contributed by atoms with Crippen molar-refractivity contribution in [2.45, 2.75) is 13.0 Å². The molecule has 0 bridgehead atoms. The minimum Gasteiger partial charge on any atom is -0.318 e. The van der Waals surface area contributed by atoms with Crippen LogP contribution in [0.25, 0.3) is 0 Å². The van der Waals surface area contributed by atoms with Crippen molar-refractivity contribution in [3.05, 3.63) is 33.9 Å². The maximum absolute atomic E-state index is 11.8. The van der Waals surface area contributed by atoms with Gasteiger partial charge in [-0.2, -0.15) is 0 Å². The fourth-order valence-corrected chi connectivity index (χ4v) is 2.54. The van der Waals surface area contributed by atoms with Crippen LogP contribution in [0.2, 0.25) is 0 Å². The van der Waals surface area contributed by atoms with Gasteiger partial charge in [0.1, 0.15) is 5.69 Å². The number of nitrogens with two attached hydrogens (primary N) is 1. The van der Waals surface area contributed by atoms with Gasteiger partial charge in [0.2, 0.25) is 11.8 Å². The van der Waals surface area contributed by atoms with Gasteiger partial charge in [-0.15, -0.1) is 0 Å². The van der Waals surface area contributed by atoms with E-state index in [1.165, 1.54) is 17.0 Å². The van der Waals surface area contributed by atoms with Gasteiger partial charge < -0.3 is 5.43 Å². The number of piperidine rings is 1. The first-order valence-electron chi connectivity index (χ1n) is 6.12. The Hall–Kier alpha value is -2.48. The SMILES string of the molecule is NNc1ccc(CN2C(=O)C3CC3C2=O)cc1[N+](=O)[O-]. The number of hydrogen-bond donors (Lipinski definition) is 2. The Kier molecular flexibility index (Phi) is 2.68. The van der Waals surface area contributed by atoms with Crippen molar-refractivity contribution in [1.82, 2.24) is 4.90 Å². The van der Waals surface area contributed by atoms with E-state index in [1.807, 2.05) is 0 Å². The van der Waals surface area contributed by atoms with Gasteiger partial charge in [-0.05, 0) is 18.1 Å². The highest BCUT2D eigenvalue weighted by atomic mass is 16.6. The number of benzene rings is 1. The summed E-state index contributed by atoms with van der Waals surface area (Å²) in [6, 6.07) is 4.38. The molecule has 2 amide bonds. The molecule has 3 N–H and O–H groups in total. The quantitative estimate of drug-likeness (QED) is 0.355. The molecule has 3 rings (SSSR count). The Bertz CT molecular complexity index is 610. The molecule has 1 aromatic carbocycles. The van der Waals surface area contributed by atoms with Gasteiger partial charge in [-0.3, -0.25) is 30.4 Å². The summed E-state index contributed by atoms with van der Waals surface area (Å²) in [5, 5.41) is 10.9. The highest BCUT2D eigenvalue weighted by Crippen LogP contribution is 2.47. The summed E-state index contributed by atoms with van der Waals surface area (Å²) >= 11 is 0. The average Bonchev–Trinajstić information content (AvgIpc) is 3.19. The third-order valence-corrected chi connectivity index (χ3v) is 3.71. The second-order valence-corrected chi connectivity index (χ2v) is 4.96. The number of anilines is 1. The molecule has 0 spiro atoms. The second-order valence-electron chi connectivity index (χ2n) is 4.96. The van der Waals surface area contributed by atoms with Crippen LogP contribution in [-0.4, -0.2) is 21.6 Å². The first-order chi connectivity index (χ1) is 9.52. The third kappa shape index (κ3) is 1.81. The van der Waals surface area contributed by atoms with E-state index in [2.05, 4.69) is 5.43 Å². The molecule has 1 aliphatic heterocycles. The molecule has 1 saturated heterocycles. The van der Waals surface area contributed by atoms with Gasteiger partial charge in [-0.1, -0.05) is 6.07 Å². The second kappa shape index (κ2) is 4.27. The van der Waals surface area contributed by atoms with E-state index in [-0.39, 0.29) is 41.6 Å². The minimum atomic E-state index is -0.566. The monoisotopic (exact) mass is 276 g/mol. The number of hydrazine groups is 1. The fraction of sp³-hybridized carbons (Fsp3) is 0.333. The predicted octanol–water partition coefficient (Wildman–Crippen LogP) is 0.385. The van der Waals surface area contributed by atoms with Crippen molar-refractivity contribution in [2.24, 2.45) is 17.7 Å². The number of amides is 2. The van der Waals surface area contributed by atoms with E-state index in [4.69, 9.17) is 5.84 Å². The van der Waals surface area contributed by atoms with Gasteiger partial charge in [0.05, 0.1) is 23.3 Å². The summed E-state index contributed by atoms with van der Waals surface area (Å²) in [7, 11) is 0. The summed E-state index contributed by atoms with van der Waals surface area (Å²) in [5.41, 5.74) is 2.76. The molecule has 0 aromatic heterocycles. The molecule has 104 valence electrons. The summed E-state index contributed by atoms with van der Waals surface area (Å²) in [6.07, 6.45) is 0.643. The molecule has 1 aromatic rings. The Morgan fingerprint density at radius 2 is 2.00 bits per heavy atom. The van der Waals surface area contributed by atoms with Crippen LogP contribution in [-0.2, 0) is 16.1 Å². The van der Waals surface area contributed by atoms with Gasteiger partial charge in [-0.25, -0.2) is 0 Å². The molecule has 2 unspecified atom stereocenters. The van der Waals surface area contributed by atoms with Crippen LogP contribution in [0.1, 0.15) is 12.0 Å². The van der Waals surface area contributed by atoms with Gasteiger partial charge in [0.15, 0.2) is 0 Å². The molecule has 1 saturated carbocycles. The molecule has 20 heavy (non-hydrogen) atoms. The smallest absolute Gasteiger partial charge is 0.293 e. The largest absolute Gasteiger partial charge is 0.318 e. The van der Waals surface area contributed by atoms with Crippen molar-refractivity contribution in [2.75, 3.05) is 5.43 Å². The number of nitrogens with zero attached hydrogens (tertiary/aromatic N) is 2. The van der Waals surface area contributed by atoms with Gasteiger partial charge >= 0.3 is 0 Å². The fourth-order valence-electron chi connectivity index (χ4n) is 2.54. The molecule has 2 aliphatic rings. The molecular weight excluding hydrogens is 264 g/mol. The highest BCUT2D eigenvalue weighted by Gasteiger charge is 2.58. The maximum atomic E-state index is 11.8. The van der Waals surface area contributed by atoms with E-state index < -0.39 is 4.92 Å². The summed E-state index contributed by atoms with van der Waals surface area (Å²) in [4.78, 5) is 35.2. The Morgan fingerprint density at radius 3 is 2.55 bits per heavy atom. The van der Waals surface area contributed by atoms with Crippen molar-refractivity contribution in [1.29, 1.82) is 0 Å². The molecule has 8 heteroatoms. The van der Waals surface area contributed by atoms with E-state index in [0.29, 0.717) is 12.0 Å². The Labute approximate surface area is 113 Å². The lowest BCUT2D eigenvalue weighted by Gasteiger charge is -2.16. The van der Waals surface area contributed by atoms with Crippen LogP contribution in [0.4, 0.5) is 11.4 Å². The zero-order valence-corrected chi connectivity index (χ0v) is 10.4. The number of nitrogens with one attached hydrogen (secondary N) is 1. The van der Waals surface area contributed by atoms with Crippen LogP contribution >= 0.6 is 0 Å². The van der Waals surface area contributed by atoms with E-state index >= 15 is 0 Å². The zero-order valence-electron chi connectivity index (χ0n) is 10.4. The lowest BCUT2D eigenvalue weighted by atomic mass is 10.1. The number of imide groups is 1. The number of hydrogen-bond acceptors (Lipinski definition) is 6. The Balaban J connectivity index is 1.85. The van der Waals surface area contributed by atoms with Crippen molar-refractivity contribution < 1.29 is 14.5 Å². The number of nitro groups is 1. The molecule has 8 nitrogen and oxygen atoms in total. The van der Waals surface area contributed by atoms with E-state index in [9.17, 15) is 19.7 Å². The number of rotatable bonds is 4. The molecular formula is C12H12N4O4. The van der Waals surface area contributed by atoms with Crippen molar-refractivity contribution in [3.63, 3.8) is 0 Å². The maximum Gasteiger partial charge on any atom is 0.293 e. The number of carbonyl (C=O) groups excluding carboxylic acids is 2. The summed E-state index contributed by atoms with van der Waals surface area (Å²) < 4.78 is 0. The van der Waals surface area contributed by atoms with E-state index in [1.54, 1.807) is 6.07 Å². The van der Waals surface area contributed by atoms with Crippen LogP contribution in [0, 0.1) is 22.0 Å². The molecule has 2 atom stereocenters. The highest BCUT2D eigenvalue weighted by molar-refractivity contribution is 6.08. The summed E-state index contributed by atoms with van der Waals surface area (Å²) in [6.45, 7) is 0.0658. The van der Waals surface area contributed by atoms with Gasteiger partial charge in [0, 0.05) is 6.07 Å². The Morgan fingerprint density at radius 1 is 1.35 bits per heavy atom. The lowest BCUT2D eigenvalue weighted by Crippen LogP contribution is -2.32. The molecule has 1 heterocycles. The van der Waals surface area contributed by atoms with Crippen LogP contribution in [0.3, 0.4) is 0 Å². The average molecular weight is 276 g/mol. The number of nitro benzene ring substituents is 1. The molecule has 1 aliphatic carbocycles. The predicted molar refractivity (Wildman–Crippen MR) is 68.1 cm³/mol. The number of likely N-dealkylation sites (tertiary alicyclic amines) is 1. The van der Waals surface area contributed by atoms with Crippen LogP contribution < -0.4 is 11.3 Å². The third-order valence-electron chi connectivity index (χ3n) is 3.71. The van der Waals surface area contributed by atoms with Gasteiger partial charge in [0.25, 0.3) is 5.69 Å². The molecule has 2 fully saturated rings. The number of carbonyl (C=O) groups is 2. The standard InChI is InChI=1S/C12H12N4O4/c13-14-9-2-1-6(3-10(9)16(19)20)5-15-11(17)7-4-8(7)12(15)18/h1-3,7-8,14H,4-5,13H2. The van der Waals surface area contributed by atoms with E-state index in [0.717, 1.165) is 0 Å². The summed E-state index contributed by atoms with van der Waals surface area (Å²) in [5.74, 6) is 4.51. The molecule has 0 radical (unpaired) electrons.